The molecule has 0 spiro atoms. The average Bonchev–Trinajstić information content (AvgIpc) is 3.12. The van der Waals surface area contributed by atoms with Crippen LogP contribution in [0.1, 0.15) is 5.56 Å². The Kier molecular flexibility index (Phi) is 6.31. The number of hydrogen-bond acceptors (Lipinski definition) is 6. The van der Waals surface area contributed by atoms with Crippen molar-refractivity contribution < 1.29 is 24.0 Å². The van der Waals surface area contributed by atoms with Gasteiger partial charge in [0.1, 0.15) is 5.57 Å². The predicted molar refractivity (Wildman–Crippen MR) is 124 cm³/mol. The molecule has 10 heteroatoms. The topological polar surface area (TPSA) is 131 Å². The maximum Gasteiger partial charge on any atom is 0.311 e. The van der Waals surface area contributed by atoms with E-state index in [1.54, 1.807) is 60.7 Å². The number of hydrazine groups is 1. The van der Waals surface area contributed by atoms with E-state index in [-0.39, 0.29) is 16.9 Å². The van der Waals surface area contributed by atoms with Crippen LogP contribution < -0.4 is 20.5 Å². The Balaban J connectivity index is 1.50. The van der Waals surface area contributed by atoms with E-state index in [9.17, 15) is 24.5 Å². The first kappa shape index (κ1) is 22.2. The molecule has 10 nitrogen and oxygen atoms in total. The molecular weight excluding hydrogens is 440 g/mol. The van der Waals surface area contributed by atoms with Crippen molar-refractivity contribution in [3.63, 3.8) is 0 Å². The zero-order valence-electron chi connectivity index (χ0n) is 17.6. The molecule has 3 aromatic rings. The number of nitro groups is 1. The lowest BCUT2D eigenvalue weighted by molar-refractivity contribution is -0.385. The van der Waals surface area contributed by atoms with E-state index < -0.39 is 34.9 Å². The van der Waals surface area contributed by atoms with Gasteiger partial charge in [-0.1, -0.05) is 42.5 Å². The third-order valence-corrected chi connectivity index (χ3v) is 4.81. The number of nitrogens with one attached hydrogen (secondary N) is 2. The van der Waals surface area contributed by atoms with Crippen molar-refractivity contribution in [2.45, 2.75) is 0 Å². The van der Waals surface area contributed by atoms with Gasteiger partial charge in [0, 0.05) is 11.8 Å². The number of anilines is 2. The van der Waals surface area contributed by atoms with Gasteiger partial charge in [-0.15, -0.1) is 0 Å². The zero-order chi connectivity index (χ0) is 24.1. The van der Waals surface area contributed by atoms with Crippen molar-refractivity contribution in [2.75, 3.05) is 16.9 Å². The molecule has 1 saturated heterocycles. The number of nitrogens with zero attached hydrogens (tertiary/aromatic N) is 2. The molecule has 0 aromatic heterocycles. The highest BCUT2D eigenvalue weighted by atomic mass is 16.6. The molecule has 1 heterocycles. The molecule has 0 aliphatic carbocycles. The second kappa shape index (κ2) is 9.65. The van der Waals surface area contributed by atoms with E-state index >= 15 is 0 Å². The van der Waals surface area contributed by atoms with Gasteiger partial charge in [0.15, 0.2) is 12.4 Å². The molecular formula is C24H18N4O6. The molecule has 0 radical (unpaired) electrons. The smallest absolute Gasteiger partial charge is 0.311 e. The minimum atomic E-state index is -0.667. The van der Waals surface area contributed by atoms with Crippen molar-refractivity contribution in [1.82, 2.24) is 5.43 Å². The fourth-order valence-corrected chi connectivity index (χ4v) is 3.23. The minimum Gasteiger partial charge on any atom is -0.477 e. The Morgan fingerprint density at radius 3 is 2.38 bits per heavy atom. The number of benzene rings is 3. The number of para-hydroxylation sites is 2. The van der Waals surface area contributed by atoms with Crippen LogP contribution in [0.3, 0.4) is 0 Å². The third kappa shape index (κ3) is 4.91. The molecule has 1 aliphatic rings. The Labute approximate surface area is 193 Å². The molecule has 3 amide bonds. The summed E-state index contributed by atoms with van der Waals surface area (Å²) in [6, 6.07) is 21.2. The van der Waals surface area contributed by atoms with Gasteiger partial charge in [0.2, 0.25) is 0 Å². The van der Waals surface area contributed by atoms with Gasteiger partial charge >= 0.3 is 5.69 Å². The third-order valence-electron chi connectivity index (χ3n) is 4.81. The Hall–Kier alpha value is -4.99. The van der Waals surface area contributed by atoms with Crippen LogP contribution >= 0.6 is 0 Å². The zero-order valence-corrected chi connectivity index (χ0v) is 17.6. The maximum absolute atomic E-state index is 12.7. The van der Waals surface area contributed by atoms with Crippen LogP contribution in [0.2, 0.25) is 0 Å². The lowest BCUT2D eigenvalue weighted by Crippen LogP contribution is -2.35. The Bertz CT molecular complexity index is 1290. The standard InChI is InChI=1S/C24H18N4O6/c29-22(25-17-7-3-1-4-8-17)15-34-21-12-11-16(14-20(21)28(32)33)13-19-23(30)26-27(24(19)31)18-9-5-2-6-10-18/h1-14H,15H2,(H,25,29)(H,26,30)/b19-13-. The monoisotopic (exact) mass is 458 g/mol. The first-order valence-electron chi connectivity index (χ1n) is 10.1. The van der Waals surface area contributed by atoms with Crippen LogP contribution in [0.5, 0.6) is 5.75 Å². The van der Waals surface area contributed by atoms with Crippen molar-refractivity contribution in [1.29, 1.82) is 0 Å². The lowest BCUT2D eigenvalue weighted by Gasteiger charge is -2.13. The second-order valence-electron chi connectivity index (χ2n) is 7.16. The molecule has 0 saturated carbocycles. The van der Waals surface area contributed by atoms with Gasteiger partial charge in [0.25, 0.3) is 17.7 Å². The highest BCUT2D eigenvalue weighted by Gasteiger charge is 2.34. The molecule has 4 rings (SSSR count). The van der Waals surface area contributed by atoms with Gasteiger partial charge in [-0.05, 0) is 42.0 Å². The summed E-state index contributed by atoms with van der Waals surface area (Å²) in [5, 5.41) is 15.3. The first-order chi connectivity index (χ1) is 16.4. The van der Waals surface area contributed by atoms with Gasteiger partial charge in [-0.3, -0.25) is 29.9 Å². The van der Waals surface area contributed by atoms with Crippen molar-refractivity contribution in [3.05, 3.63) is 100 Å². The molecule has 0 atom stereocenters. The Morgan fingerprint density at radius 2 is 1.71 bits per heavy atom. The fraction of sp³-hybridized carbons (Fsp3) is 0.0417. The van der Waals surface area contributed by atoms with Gasteiger partial charge < -0.3 is 10.1 Å². The van der Waals surface area contributed by atoms with E-state index in [1.807, 2.05) is 0 Å². The number of nitro benzene ring substituents is 1. The molecule has 1 aliphatic heterocycles. The summed E-state index contributed by atoms with van der Waals surface area (Å²) in [5.41, 5.74) is 3.18. The molecule has 3 aromatic carbocycles. The van der Waals surface area contributed by atoms with E-state index in [1.165, 1.54) is 24.3 Å². The number of carbonyl (C=O) groups is 3. The average molecular weight is 458 g/mol. The Morgan fingerprint density at radius 1 is 1.03 bits per heavy atom. The molecule has 34 heavy (non-hydrogen) atoms. The fourth-order valence-electron chi connectivity index (χ4n) is 3.23. The second-order valence-corrected chi connectivity index (χ2v) is 7.16. The SMILES string of the molecule is O=C(COc1ccc(/C=C2/C(=O)NN(c3ccccc3)C2=O)cc1[N+](=O)[O-])Nc1ccccc1. The minimum absolute atomic E-state index is 0.122. The van der Waals surface area contributed by atoms with Crippen LogP contribution in [0.4, 0.5) is 17.1 Å². The van der Waals surface area contributed by atoms with Gasteiger partial charge in [-0.25, -0.2) is 5.01 Å². The normalized spacial score (nSPS) is 14.1. The lowest BCUT2D eigenvalue weighted by atomic mass is 10.1. The molecule has 1 fully saturated rings. The number of carbonyl (C=O) groups excluding carboxylic acids is 3. The maximum atomic E-state index is 12.7. The first-order valence-corrected chi connectivity index (χ1v) is 10.1. The van der Waals surface area contributed by atoms with Crippen molar-refractivity contribution in [2.24, 2.45) is 0 Å². The van der Waals surface area contributed by atoms with E-state index in [0.717, 1.165) is 5.01 Å². The number of ether oxygens (including phenoxy) is 1. The number of rotatable bonds is 7. The van der Waals surface area contributed by atoms with Crippen LogP contribution in [0.15, 0.2) is 84.4 Å². The molecule has 0 bridgehead atoms. The highest BCUT2D eigenvalue weighted by Crippen LogP contribution is 2.30. The van der Waals surface area contributed by atoms with E-state index in [2.05, 4.69) is 10.7 Å². The van der Waals surface area contributed by atoms with E-state index in [4.69, 9.17) is 4.74 Å². The van der Waals surface area contributed by atoms with Crippen LogP contribution in [0, 0.1) is 10.1 Å². The molecule has 170 valence electrons. The largest absolute Gasteiger partial charge is 0.477 e. The van der Waals surface area contributed by atoms with Crippen LogP contribution in [-0.4, -0.2) is 29.3 Å². The quantitative estimate of drug-likeness (QED) is 0.242. The van der Waals surface area contributed by atoms with Gasteiger partial charge in [-0.2, -0.15) is 0 Å². The predicted octanol–water partition coefficient (Wildman–Crippen LogP) is 3.07. The molecule has 0 unspecified atom stereocenters. The highest BCUT2D eigenvalue weighted by molar-refractivity contribution is 6.31. The number of amides is 3. The van der Waals surface area contributed by atoms with Gasteiger partial charge in [0.05, 0.1) is 10.6 Å². The van der Waals surface area contributed by atoms with Crippen molar-refractivity contribution in [3.8, 4) is 5.75 Å². The summed E-state index contributed by atoms with van der Waals surface area (Å²) in [6.07, 6.45) is 1.26. The summed E-state index contributed by atoms with van der Waals surface area (Å²) >= 11 is 0. The summed E-state index contributed by atoms with van der Waals surface area (Å²) < 4.78 is 5.35. The van der Waals surface area contributed by atoms with Crippen LogP contribution in [-0.2, 0) is 14.4 Å². The summed E-state index contributed by atoms with van der Waals surface area (Å²) in [7, 11) is 0. The molecule has 2 N–H and O–H groups in total. The van der Waals surface area contributed by atoms with Crippen molar-refractivity contribution >= 4 is 40.9 Å². The summed E-state index contributed by atoms with van der Waals surface area (Å²) in [4.78, 5) is 48.0. The van der Waals surface area contributed by atoms with Crippen LogP contribution in [0.25, 0.3) is 6.08 Å². The number of hydrogen-bond donors (Lipinski definition) is 2. The summed E-state index contributed by atoms with van der Waals surface area (Å²) in [5.74, 6) is -1.82. The van der Waals surface area contributed by atoms with E-state index in [0.29, 0.717) is 11.4 Å². The summed E-state index contributed by atoms with van der Waals surface area (Å²) in [6.45, 7) is -0.441.